The van der Waals surface area contributed by atoms with Crippen LogP contribution in [0.15, 0.2) is 30.6 Å². The Labute approximate surface area is 129 Å². The lowest BCUT2D eigenvalue weighted by atomic mass is 10.1. The Bertz CT molecular complexity index is 666. The molecule has 0 atom stereocenters. The summed E-state index contributed by atoms with van der Waals surface area (Å²) in [5.74, 6) is 2.39. The second kappa shape index (κ2) is 6.51. The summed E-state index contributed by atoms with van der Waals surface area (Å²) in [6, 6.07) is 5.89. The van der Waals surface area contributed by atoms with Gasteiger partial charge < -0.3 is 19.4 Å². The second-order valence-corrected chi connectivity index (χ2v) is 5.18. The van der Waals surface area contributed by atoms with E-state index in [0.29, 0.717) is 26.3 Å². The number of carbonyl (C=O) groups is 1. The number of ether oxygens (including phenoxy) is 2. The van der Waals surface area contributed by atoms with Gasteiger partial charge in [0, 0.05) is 18.9 Å². The number of nitrogens with zero attached hydrogens (tertiary/aromatic N) is 2. The first-order valence-electron chi connectivity index (χ1n) is 7.35. The number of amides is 1. The van der Waals surface area contributed by atoms with E-state index in [1.807, 2.05) is 29.7 Å². The minimum atomic E-state index is -0.0151. The van der Waals surface area contributed by atoms with Crippen molar-refractivity contribution in [1.29, 1.82) is 0 Å². The Morgan fingerprint density at radius 1 is 1.32 bits per heavy atom. The Balaban J connectivity index is 1.48. The van der Waals surface area contributed by atoms with E-state index in [9.17, 15) is 4.79 Å². The van der Waals surface area contributed by atoms with Crippen molar-refractivity contribution in [2.75, 3.05) is 19.8 Å². The zero-order valence-electron chi connectivity index (χ0n) is 12.5. The molecular weight excluding hydrogens is 282 g/mol. The van der Waals surface area contributed by atoms with Gasteiger partial charge in [0.15, 0.2) is 11.5 Å². The number of aryl methyl sites for hydroxylation is 1. The van der Waals surface area contributed by atoms with Gasteiger partial charge in [-0.25, -0.2) is 4.98 Å². The third-order valence-electron chi connectivity index (χ3n) is 3.58. The molecule has 1 amide bonds. The molecule has 22 heavy (non-hydrogen) atoms. The van der Waals surface area contributed by atoms with Gasteiger partial charge in [0.1, 0.15) is 25.6 Å². The zero-order valence-corrected chi connectivity index (χ0v) is 12.5. The van der Waals surface area contributed by atoms with Gasteiger partial charge in [-0.2, -0.15) is 0 Å². The predicted octanol–water partition coefficient (Wildman–Crippen LogP) is 1.32. The van der Waals surface area contributed by atoms with Crippen molar-refractivity contribution in [1.82, 2.24) is 14.9 Å². The number of carbonyl (C=O) groups excluding carboxylic acids is 1. The first-order chi connectivity index (χ1) is 10.7. The van der Waals surface area contributed by atoms with E-state index in [2.05, 4.69) is 10.3 Å². The van der Waals surface area contributed by atoms with Crippen molar-refractivity contribution in [2.45, 2.75) is 19.9 Å². The van der Waals surface area contributed by atoms with E-state index in [1.165, 1.54) is 0 Å². The van der Waals surface area contributed by atoms with E-state index in [-0.39, 0.29) is 5.91 Å². The van der Waals surface area contributed by atoms with E-state index in [0.717, 1.165) is 29.3 Å². The predicted molar refractivity (Wildman–Crippen MR) is 81.1 cm³/mol. The third kappa shape index (κ3) is 3.39. The molecule has 2 aromatic rings. The zero-order chi connectivity index (χ0) is 15.4. The van der Waals surface area contributed by atoms with Gasteiger partial charge in [0.2, 0.25) is 5.91 Å². The van der Waals surface area contributed by atoms with Crippen LogP contribution in [0.5, 0.6) is 11.5 Å². The molecule has 0 bridgehead atoms. The normalized spacial score (nSPS) is 13.0. The number of hydrogen-bond donors (Lipinski definition) is 1. The molecule has 1 aliphatic heterocycles. The molecule has 3 rings (SSSR count). The molecule has 1 aromatic heterocycles. The number of rotatable bonds is 5. The Hall–Kier alpha value is -2.50. The van der Waals surface area contributed by atoms with Gasteiger partial charge in [-0.1, -0.05) is 6.07 Å². The van der Waals surface area contributed by atoms with Gasteiger partial charge in [0.05, 0.1) is 0 Å². The van der Waals surface area contributed by atoms with Gasteiger partial charge in [-0.3, -0.25) is 4.79 Å². The minimum absolute atomic E-state index is 0.0151. The number of imidazole rings is 1. The number of aromatic nitrogens is 2. The van der Waals surface area contributed by atoms with Crippen LogP contribution in [0.3, 0.4) is 0 Å². The van der Waals surface area contributed by atoms with Crippen LogP contribution in [0.4, 0.5) is 0 Å². The standard InChI is InChI=1S/C16H19N3O3/c1-12-17-6-7-19(12)11-16(20)18-5-4-13-2-3-14-15(10-13)22-9-8-21-14/h2-3,6-7,10H,4-5,8-9,11H2,1H3,(H,18,20). The summed E-state index contributed by atoms with van der Waals surface area (Å²) in [6.07, 6.45) is 4.25. The monoisotopic (exact) mass is 301 g/mol. The molecule has 0 saturated heterocycles. The molecular formula is C16H19N3O3. The van der Waals surface area contributed by atoms with Crippen LogP contribution in [-0.4, -0.2) is 35.2 Å². The first kappa shape index (κ1) is 14.4. The molecule has 6 heteroatoms. The molecule has 6 nitrogen and oxygen atoms in total. The fourth-order valence-electron chi connectivity index (χ4n) is 2.37. The van der Waals surface area contributed by atoms with Gasteiger partial charge in [-0.05, 0) is 31.0 Å². The number of hydrogen-bond acceptors (Lipinski definition) is 4. The van der Waals surface area contributed by atoms with E-state index >= 15 is 0 Å². The summed E-state index contributed by atoms with van der Waals surface area (Å²) >= 11 is 0. The van der Waals surface area contributed by atoms with Gasteiger partial charge >= 0.3 is 0 Å². The molecule has 1 N–H and O–H groups in total. The molecule has 0 unspecified atom stereocenters. The fourth-order valence-corrected chi connectivity index (χ4v) is 2.37. The van der Waals surface area contributed by atoms with E-state index in [4.69, 9.17) is 9.47 Å². The molecule has 1 aliphatic rings. The van der Waals surface area contributed by atoms with Crippen LogP contribution in [0.1, 0.15) is 11.4 Å². The maximum absolute atomic E-state index is 11.9. The summed E-state index contributed by atoms with van der Waals surface area (Å²) in [5, 5.41) is 2.92. The highest BCUT2D eigenvalue weighted by Crippen LogP contribution is 2.30. The Morgan fingerprint density at radius 3 is 2.91 bits per heavy atom. The maximum atomic E-state index is 11.9. The lowest BCUT2D eigenvalue weighted by Crippen LogP contribution is -2.29. The highest BCUT2D eigenvalue weighted by molar-refractivity contribution is 5.75. The van der Waals surface area contributed by atoms with E-state index in [1.54, 1.807) is 12.4 Å². The molecule has 116 valence electrons. The fraction of sp³-hybridized carbons (Fsp3) is 0.375. The van der Waals surface area contributed by atoms with Crippen LogP contribution in [-0.2, 0) is 17.8 Å². The molecule has 0 spiro atoms. The largest absolute Gasteiger partial charge is 0.486 e. The maximum Gasteiger partial charge on any atom is 0.239 e. The van der Waals surface area contributed by atoms with E-state index < -0.39 is 0 Å². The summed E-state index contributed by atoms with van der Waals surface area (Å²) in [5.41, 5.74) is 1.11. The number of benzene rings is 1. The summed E-state index contributed by atoms with van der Waals surface area (Å²) in [7, 11) is 0. The molecule has 0 radical (unpaired) electrons. The average molecular weight is 301 g/mol. The molecule has 0 saturated carbocycles. The van der Waals surface area contributed by atoms with Crippen LogP contribution in [0.25, 0.3) is 0 Å². The highest BCUT2D eigenvalue weighted by Gasteiger charge is 2.11. The summed E-state index contributed by atoms with van der Waals surface area (Å²) < 4.78 is 12.9. The summed E-state index contributed by atoms with van der Waals surface area (Å²) in [4.78, 5) is 16.0. The average Bonchev–Trinajstić information content (AvgIpc) is 2.92. The topological polar surface area (TPSA) is 65.4 Å². The van der Waals surface area contributed by atoms with Gasteiger partial charge in [0.25, 0.3) is 0 Å². The Morgan fingerprint density at radius 2 is 2.14 bits per heavy atom. The quantitative estimate of drug-likeness (QED) is 0.904. The highest BCUT2D eigenvalue weighted by atomic mass is 16.6. The number of nitrogens with one attached hydrogen (secondary N) is 1. The SMILES string of the molecule is Cc1nccn1CC(=O)NCCc1ccc2c(c1)OCCO2. The smallest absolute Gasteiger partial charge is 0.239 e. The van der Waals surface area contributed by atoms with Crippen LogP contribution in [0.2, 0.25) is 0 Å². The summed E-state index contributed by atoms with van der Waals surface area (Å²) in [6.45, 7) is 3.94. The molecule has 0 fully saturated rings. The van der Waals surface area contributed by atoms with Crippen molar-refractivity contribution in [3.63, 3.8) is 0 Å². The lowest BCUT2D eigenvalue weighted by Gasteiger charge is -2.18. The van der Waals surface area contributed by atoms with Crippen molar-refractivity contribution >= 4 is 5.91 Å². The van der Waals surface area contributed by atoms with Crippen molar-refractivity contribution < 1.29 is 14.3 Å². The molecule has 1 aromatic carbocycles. The third-order valence-corrected chi connectivity index (χ3v) is 3.58. The molecule has 0 aliphatic carbocycles. The van der Waals surface area contributed by atoms with Crippen molar-refractivity contribution in [2.24, 2.45) is 0 Å². The van der Waals surface area contributed by atoms with Crippen molar-refractivity contribution in [3.05, 3.63) is 42.0 Å². The number of fused-ring (bicyclic) bond motifs is 1. The lowest BCUT2D eigenvalue weighted by molar-refractivity contribution is -0.121. The first-order valence-corrected chi connectivity index (χ1v) is 7.35. The molecule has 2 heterocycles. The Kier molecular flexibility index (Phi) is 4.27. The van der Waals surface area contributed by atoms with Crippen LogP contribution >= 0.6 is 0 Å². The van der Waals surface area contributed by atoms with Crippen molar-refractivity contribution in [3.8, 4) is 11.5 Å². The minimum Gasteiger partial charge on any atom is -0.486 e. The van der Waals surface area contributed by atoms with Gasteiger partial charge in [-0.15, -0.1) is 0 Å². The van der Waals surface area contributed by atoms with Crippen LogP contribution in [0, 0.1) is 6.92 Å². The second-order valence-electron chi connectivity index (χ2n) is 5.18. The van der Waals surface area contributed by atoms with Crippen LogP contribution < -0.4 is 14.8 Å².